The van der Waals surface area contributed by atoms with Crippen molar-refractivity contribution in [1.29, 1.82) is 5.26 Å². The molecule has 0 amide bonds. The van der Waals surface area contributed by atoms with Crippen LogP contribution in [-0.2, 0) is 18.9 Å². The zero-order valence-corrected chi connectivity index (χ0v) is 22.4. The first-order chi connectivity index (χ1) is 20.9. The molecule has 12 heteroatoms. The minimum Gasteiger partial charge on any atom is -0.459 e. The average molecular weight is 581 g/mol. The molecule has 1 aliphatic rings. The van der Waals surface area contributed by atoms with Gasteiger partial charge in [0.1, 0.15) is 30.3 Å². The number of carbonyl (C=O) groups excluding carboxylic acids is 3. The van der Waals surface area contributed by atoms with Crippen molar-refractivity contribution < 1.29 is 33.3 Å². The summed E-state index contributed by atoms with van der Waals surface area (Å²) in [5.41, 5.74) is 5.06. The summed E-state index contributed by atoms with van der Waals surface area (Å²) in [6, 6.07) is 27.2. The SMILES string of the molecule is N#Cc1cc(N)nc(=O)n1[C@H]1O[C@H](COC(=O)c2ccccc2)[C@@H](OC(=O)c2ccccc2)[C@H]1OC(=O)c1ccccc1. The standard InChI is InChI=1S/C31H24N4O8/c32-17-22-16-24(33)34-31(39)35(22)27-26(43-30(38)21-14-8-3-9-15-21)25(42-29(37)20-12-6-2-7-13-20)23(41-27)18-40-28(36)19-10-4-1-5-11-19/h1-16,23,25-27H,18H2,(H2,33,34,39)/t23-,25-,26-,27+/m1/s1. The third kappa shape index (κ3) is 6.42. The number of benzene rings is 3. The number of aromatic nitrogens is 2. The number of esters is 3. The Labute approximate surface area is 244 Å². The number of nitrogens with zero attached hydrogens (tertiary/aromatic N) is 3. The summed E-state index contributed by atoms with van der Waals surface area (Å²) in [5.74, 6) is -2.52. The third-order valence-corrected chi connectivity index (χ3v) is 6.52. The van der Waals surface area contributed by atoms with E-state index < -0.39 is 54.7 Å². The van der Waals surface area contributed by atoms with E-state index in [2.05, 4.69) is 4.98 Å². The zero-order valence-electron chi connectivity index (χ0n) is 22.4. The molecule has 1 saturated heterocycles. The molecule has 0 saturated carbocycles. The monoisotopic (exact) mass is 580 g/mol. The van der Waals surface area contributed by atoms with Crippen molar-refractivity contribution in [2.75, 3.05) is 12.3 Å². The van der Waals surface area contributed by atoms with Gasteiger partial charge >= 0.3 is 23.6 Å². The van der Waals surface area contributed by atoms with Gasteiger partial charge in [0.05, 0.1) is 16.7 Å². The van der Waals surface area contributed by atoms with Gasteiger partial charge in [0.25, 0.3) is 0 Å². The van der Waals surface area contributed by atoms with E-state index in [4.69, 9.17) is 24.7 Å². The van der Waals surface area contributed by atoms with E-state index in [0.29, 0.717) is 0 Å². The summed E-state index contributed by atoms with van der Waals surface area (Å²) >= 11 is 0. The molecule has 4 atom stereocenters. The Morgan fingerprint density at radius 2 is 1.30 bits per heavy atom. The fourth-order valence-electron chi connectivity index (χ4n) is 4.51. The van der Waals surface area contributed by atoms with Crippen LogP contribution < -0.4 is 11.4 Å². The number of nitriles is 1. The van der Waals surface area contributed by atoms with Gasteiger partial charge in [-0.1, -0.05) is 54.6 Å². The van der Waals surface area contributed by atoms with Crippen LogP contribution in [0.5, 0.6) is 0 Å². The molecule has 5 rings (SSSR count). The van der Waals surface area contributed by atoms with Crippen molar-refractivity contribution in [3.05, 3.63) is 130 Å². The topological polar surface area (TPSA) is 173 Å². The van der Waals surface area contributed by atoms with Gasteiger partial charge in [-0.05, 0) is 36.4 Å². The van der Waals surface area contributed by atoms with Gasteiger partial charge in [-0.15, -0.1) is 0 Å². The highest BCUT2D eigenvalue weighted by molar-refractivity contribution is 5.91. The summed E-state index contributed by atoms with van der Waals surface area (Å²) in [5, 5.41) is 9.79. The second-order valence-corrected chi connectivity index (χ2v) is 9.33. The lowest BCUT2D eigenvalue weighted by atomic mass is 10.1. The van der Waals surface area contributed by atoms with Gasteiger partial charge in [-0.3, -0.25) is 4.57 Å². The maximum Gasteiger partial charge on any atom is 0.352 e. The summed E-state index contributed by atoms with van der Waals surface area (Å²) < 4.78 is 24.0. The normalized spacial score (nSPS) is 19.1. The number of carbonyl (C=O) groups is 3. The molecule has 4 aromatic rings. The van der Waals surface area contributed by atoms with Gasteiger partial charge in [0.2, 0.25) is 0 Å². The van der Waals surface area contributed by atoms with Gasteiger partial charge in [0.15, 0.2) is 18.4 Å². The van der Waals surface area contributed by atoms with Crippen LogP contribution in [0.15, 0.2) is 102 Å². The lowest BCUT2D eigenvalue weighted by Crippen LogP contribution is -2.43. The first-order valence-electron chi connectivity index (χ1n) is 13.0. The quantitative estimate of drug-likeness (QED) is 0.240. The maximum absolute atomic E-state index is 13.2. The fourth-order valence-corrected chi connectivity index (χ4v) is 4.51. The van der Waals surface area contributed by atoms with Crippen molar-refractivity contribution in [3.63, 3.8) is 0 Å². The predicted octanol–water partition coefficient (Wildman–Crippen LogP) is 2.90. The molecule has 12 nitrogen and oxygen atoms in total. The van der Waals surface area contributed by atoms with Gasteiger partial charge in [-0.25, -0.2) is 19.2 Å². The Balaban J connectivity index is 1.54. The lowest BCUT2D eigenvalue weighted by Gasteiger charge is -2.25. The number of hydrogen-bond acceptors (Lipinski definition) is 11. The summed E-state index contributed by atoms with van der Waals surface area (Å²) in [4.78, 5) is 55.9. The van der Waals surface area contributed by atoms with E-state index in [0.717, 1.165) is 10.6 Å². The number of hydrogen-bond donors (Lipinski definition) is 1. The predicted molar refractivity (Wildman–Crippen MR) is 150 cm³/mol. The minimum absolute atomic E-state index is 0.164. The van der Waals surface area contributed by atoms with Crippen LogP contribution in [0.3, 0.4) is 0 Å². The molecule has 0 radical (unpaired) electrons. The van der Waals surface area contributed by atoms with Crippen LogP contribution in [-0.4, -0.2) is 52.4 Å². The molecule has 0 unspecified atom stereocenters. The van der Waals surface area contributed by atoms with Crippen LogP contribution in [0.4, 0.5) is 5.82 Å². The Bertz CT molecular complexity index is 1720. The van der Waals surface area contributed by atoms with Crippen LogP contribution >= 0.6 is 0 Å². The second-order valence-electron chi connectivity index (χ2n) is 9.33. The maximum atomic E-state index is 13.2. The fraction of sp³-hybridized carbons (Fsp3) is 0.161. The van der Waals surface area contributed by atoms with Gasteiger partial charge in [-0.2, -0.15) is 10.2 Å². The van der Waals surface area contributed by atoms with E-state index >= 15 is 0 Å². The van der Waals surface area contributed by atoms with Crippen molar-refractivity contribution in [2.45, 2.75) is 24.5 Å². The van der Waals surface area contributed by atoms with E-state index in [9.17, 15) is 24.4 Å². The second kappa shape index (κ2) is 12.8. The number of ether oxygens (including phenoxy) is 4. The molecule has 0 aliphatic carbocycles. The van der Waals surface area contributed by atoms with Crippen LogP contribution in [0, 0.1) is 11.3 Å². The van der Waals surface area contributed by atoms with Crippen LogP contribution in [0.1, 0.15) is 43.0 Å². The molecule has 1 fully saturated rings. The average Bonchev–Trinajstić information content (AvgIpc) is 3.36. The van der Waals surface area contributed by atoms with Crippen LogP contribution in [0.25, 0.3) is 0 Å². The Hall–Kier alpha value is -5.80. The lowest BCUT2D eigenvalue weighted by molar-refractivity contribution is -0.0642. The smallest absolute Gasteiger partial charge is 0.352 e. The number of rotatable bonds is 8. The Morgan fingerprint density at radius 3 is 1.81 bits per heavy atom. The Morgan fingerprint density at radius 1 is 0.814 bits per heavy atom. The molecule has 2 N–H and O–H groups in total. The van der Waals surface area contributed by atoms with Gasteiger partial charge < -0.3 is 24.7 Å². The van der Waals surface area contributed by atoms with E-state index in [1.807, 2.05) is 6.07 Å². The summed E-state index contributed by atoms with van der Waals surface area (Å²) in [6.07, 6.45) is -5.65. The van der Waals surface area contributed by atoms with Crippen molar-refractivity contribution in [1.82, 2.24) is 9.55 Å². The molecular weight excluding hydrogens is 556 g/mol. The largest absolute Gasteiger partial charge is 0.459 e. The third-order valence-electron chi connectivity index (χ3n) is 6.52. The summed E-state index contributed by atoms with van der Waals surface area (Å²) in [6.45, 7) is -0.463. The molecule has 43 heavy (non-hydrogen) atoms. The van der Waals surface area contributed by atoms with Gasteiger partial charge in [0, 0.05) is 6.07 Å². The van der Waals surface area contributed by atoms with Crippen LogP contribution in [0.2, 0.25) is 0 Å². The molecule has 1 aliphatic heterocycles. The minimum atomic E-state index is -1.52. The van der Waals surface area contributed by atoms with E-state index in [-0.39, 0.29) is 28.2 Å². The molecular formula is C31H24N4O8. The van der Waals surface area contributed by atoms with Crippen molar-refractivity contribution in [3.8, 4) is 6.07 Å². The highest BCUT2D eigenvalue weighted by Crippen LogP contribution is 2.35. The van der Waals surface area contributed by atoms with Crippen molar-refractivity contribution >= 4 is 23.7 Å². The number of nitrogen functional groups attached to an aromatic ring is 1. The molecule has 0 spiro atoms. The zero-order chi connectivity index (χ0) is 30.3. The van der Waals surface area contributed by atoms with E-state index in [1.165, 1.54) is 24.3 Å². The molecule has 1 aromatic heterocycles. The highest BCUT2D eigenvalue weighted by atomic mass is 16.7. The van der Waals surface area contributed by atoms with Crippen molar-refractivity contribution in [2.24, 2.45) is 0 Å². The number of anilines is 1. The number of nitrogens with two attached hydrogens (primary N) is 1. The summed E-state index contributed by atoms with van der Waals surface area (Å²) in [7, 11) is 0. The first kappa shape index (κ1) is 28.7. The highest BCUT2D eigenvalue weighted by Gasteiger charge is 2.52. The molecule has 2 heterocycles. The molecule has 0 bridgehead atoms. The molecule has 216 valence electrons. The Kier molecular flexibility index (Phi) is 8.55. The first-order valence-corrected chi connectivity index (χ1v) is 13.0. The molecule has 3 aromatic carbocycles. The van der Waals surface area contributed by atoms with E-state index in [1.54, 1.807) is 66.7 Å².